The van der Waals surface area contributed by atoms with E-state index in [9.17, 15) is 13.2 Å². The molecule has 0 aromatic rings. The smallest absolute Gasteiger partial charge is 0.475 e. The third-order valence-corrected chi connectivity index (χ3v) is 0.243. The van der Waals surface area contributed by atoms with E-state index < -0.39 is 12.1 Å². The van der Waals surface area contributed by atoms with Crippen LogP contribution in [0, 0.1) is 0 Å². The first-order valence-electron chi connectivity index (χ1n) is 2.98. The normalized spacial score (nSPS) is 10.5. The minimum absolute atomic E-state index is 0.139. The van der Waals surface area contributed by atoms with Crippen molar-refractivity contribution in [3.8, 4) is 0 Å². The van der Waals surface area contributed by atoms with E-state index in [1.165, 1.54) is 0 Å². The van der Waals surface area contributed by atoms with Crippen LogP contribution in [-0.2, 0) is 4.79 Å². The quantitative estimate of drug-likeness (QED) is 0.588. The number of alkyl halides is 3. The van der Waals surface area contributed by atoms with E-state index in [4.69, 9.17) is 9.90 Å². The summed E-state index contributed by atoms with van der Waals surface area (Å²) < 4.78 is 31.7. The van der Waals surface area contributed by atoms with Crippen LogP contribution in [0.2, 0.25) is 19.6 Å². The average molecular weight is 188 g/mol. The lowest BCUT2D eigenvalue weighted by atomic mass is 10.7. The molecular formula is C5H11F3O2Si. The summed E-state index contributed by atoms with van der Waals surface area (Å²) in [6.45, 7) is 6.92. The highest BCUT2D eigenvalue weighted by Crippen LogP contribution is 2.13. The molecule has 0 aliphatic heterocycles. The van der Waals surface area contributed by atoms with Crippen molar-refractivity contribution in [1.29, 1.82) is 0 Å². The molecule has 0 aromatic carbocycles. The van der Waals surface area contributed by atoms with Gasteiger partial charge in [-0.05, 0) is 0 Å². The average Bonchev–Trinajstić information content (AvgIpc) is 1.59. The van der Waals surface area contributed by atoms with Gasteiger partial charge in [0.25, 0.3) is 0 Å². The number of hydrogen-bond acceptors (Lipinski definition) is 1. The molecule has 68 valence electrons. The molecule has 0 fully saturated rings. The van der Waals surface area contributed by atoms with Gasteiger partial charge in [0.05, 0.1) is 0 Å². The maximum atomic E-state index is 10.6. The van der Waals surface area contributed by atoms with Crippen molar-refractivity contribution in [2.24, 2.45) is 0 Å². The van der Waals surface area contributed by atoms with Crippen LogP contribution in [0.3, 0.4) is 0 Å². The standard InChI is InChI=1S/C3H10Si.C2HF3O2/c1-4(2)3;3-2(4,5)1(6)7/h4H,1-3H3;(H,6,7). The van der Waals surface area contributed by atoms with Gasteiger partial charge in [0.1, 0.15) is 0 Å². The summed E-state index contributed by atoms with van der Waals surface area (Å²) in [4.78, 5) is 8.90. The van der Waals surface area contributed by atoms with Crippen LogP contribution in [0.4, 0.5) is 13.2 Å². The Bertz CT molecular complexity index is 119. The van der Waals surface area contributed by atoms with Gasteiger partial charge in [0.15, 0.2) is 0 Å². The molecule has 0 aliphatic rings. The Labute approximate surface area is 64.6 Å². The number of aliphatic carboxylic acids is 1. The monoisotopic (exact) mass is 188 g/mol. The van der Waals surface area contributed by atoms with Gasteiger partial charge >= 0.3 is 12.1 Å². The highest BCUT2D eigenvalue weighted by Gasteiger charge is 2.38. The fourth-order valence-electron chi connectivity index (χ4n) is 0. The van der Waals surface area contributed by atoms with Crippen molar-refractivity contribution in [2.45, 2.75) is 25.8 Å². The van der Waals surface area contributed by atoms with Crippen LogP contribution in [0.25, 0.3) is 0 Å². The van der Waals surface area contributed by atoms with Crippen LogP contribution >= 0.6 is 0 Å². The molecule has 0 saturated carbocycles. The molecule has 0 aromatic heterocycles. The summed E-state index contributed by atoms with van der Waals surface area (Å²) in [6.07, 6.45) is -5.08. The number of carbonyl (C=O) groups is 1. The molecule has 11 heavy (non-hydrogen) atoms. The van der Waals surface area contributed by atoms with Crippen molar-refractivity contribution in [2.75, 3.05) is 0 Å². The molecule has 2 nitrogen and oxygen atoms in total. The Kier molecular flexibility index (Phi) is 6.15. The van der Waals surface area contributed by atoms with Crippen LogP contribution < -0.4 is 0 Å². The molecule has 0 unspecified atom stereocenters. The van der Waals surface area contributed by atoms with E-state index in [-0.39, 0.29) is 8.80 Å². The second-order valence-electron chi connectivity index (χ2n) is 2.53. The molecule has 0 spiro atoms. The topological polar surface area (TPSA) is 37.3 Å². The van der Waals surface area contributed by atoms with Crippen molar-refractivity contribution >= 4 is 14.8 Å². The molecule has 0 radical (unpaired) electrons. The summed E-state index contributed by atoms with van der Waals surface area (Å²) in [5, 5.41) is 7.12. The molecule has 6 heteroatoms. The van der Waals surface area contributed by atoms with E-state index in [1.54, 1.807) is 0 Å². The van der Waals surface area contributed by atoms with Crippen LogP contribution in [0.1, 0.15) is 0 Å². The number of carboxylic acids is 1. The maximum Gasteiger partial charge on any atom is 0.490 e. The van der Waals surface area contributed by atoms with E-state index in [2.05, 4.69) is 19.6 Å². The number of rotatable bonds is 0. The fourth-order valence-corrected chi connectivity index (χ4v) is 0. The fraction of sp³-hybridized carbons (Fsp3) is 0.800. The highest BCUT2D eigenvalue weighted by molar-refractivity contribution is 6.54. The van der Waals surface area contributed by atoms with Crippen LogP contribution in [0.15, 0.2) is 0 Å². The van der Waals surface area contributed by atoms with Gasteiger partial charge in [-0.15, -0.1) is 0 Å². The van der Waals surface area contributed by atoms with Gasteiger partial charge in [-0.2, -0.15) is 13.2 Å². The molecule has 0 rings (SSSR count). The minimum atomic E-state index is -5.08. The van der Waals surface area contributed by atoms with Crippen molar-refractivity contribution in [3.05, 3.63) is 0 Å². The Morgan fingerprint density at radius 1 is 1.27 bits per heavy atom. The van der Waals surface area contributed by atoms with E-state index in [0.29, 0.717) is 0 Å². The summed E-state index contributed by atoms with van der Waals surface area (Å²) >= 11 is 0. The third kappa shape index (κ3) is 17.7. The molecule has 0 aliphatic carbocycles. The third-order valence-electron chi connectivity index (χ3n) is 0.243. The summed E-state index contributed by atoms with van der Waals surface area (Å²) in [5.74, 6) is -2.76. The molecule has 0 atom stereocenters. The molecule has 0 amide bonds. The predicted octanol–water partition coefficient (Wildman–Crippen LogP) is 1.74. The zero-order valence-corrected chi connectivity index (χ0v) is 7.72. The second-order valence-corrected chi connectivity index (χ2v) is 6.00. The Hall–Kier alpha value is -0.523. The van der Waals surface area contributed by atoms with E-state index in [1.807, 2.05) is 0 Å². The minimum Gasteiger partial charge on any atom is -0.475 e. The lowest BCUT2D eigenvalue weighted by Gasteiger charge is -1.93. The zero-order valence-electron chi connectivity index (χ0n) is 6.57. The lowest BCUT2D eigenvalue weighted by molar-refractivity contribution is -0.192. The SMILES string of the molecule is C[SiH](C)C.O=C(O)C(F)(F)F. The Morgan fingerprint density at radius 3 is 1.36 bits per heavy atom. The number of halogens is 3. The number of hydrogen-bond donors (Lipinski definition) is 1. The van der Waals surface area contributed by atoms with Crippen molar-refractivity contribution in [3.63, 3.8) is 0 Å². The summed E-state index contributed by atoms with van der Waals surface area (Å²) in [7, 11) is -0.139. The van der Waals surface area contributed by atoms with Gasteiger partial charge in [-0.3, -0.25) is 0 Å². The van der Waals surface area contributed by atoms with Crippen LogP contribution in [-0.4, -0.2) is 26.0 Å². The largest absolute Gasteiger partial charge is 0.490 e. The molecular weight excluding hydrogens is 177 g/mol. The van der Waals surface area contributed by atoms with E-state index >= 15 is 0 Å². The van der Waals surface area contributed by atoms with Gasteiger partial charge in [-0.1, -0.05) is 19.6 Å². The Balaban J connectivity index is 0. The molecule has 1 N–H and O–H groups in total. The maximum absolute atomic E-state index is 10.6. The molecule has 0 bridgehead atoms. The highest BCUT2D eigenvalue weighted by atomic mass is 28.3. The lowest BCUT2D eigenvalue weighted by Crippen LogP contribution is -2.21. The molecule has 0 heterocycles. The van der Waals surface area contributed by atoms with Gasteiger partial charge in [0.2, 0.25) is 0 Å². The molecule has 0 saturated heterocycles. The first kappa shape index (κ1) is 13.1. The predicted molar refractivity (Wildman–Crippen MR) is 38.4 cm³/mol. The van der Waals surface area contributed by atoms with Gasteiger partial charge in [-0.25, -0.2) is 4.79 Å². The summed E-state index contributed by atoms with van der Waals surface area (Å²) in [5.41, 5.74) is 0. The van der Waals surface area contributed by atoms with Crippen molar-refractivity contribution < 1.29 is 23.1 Å². The first-order chi connectivity index (χ1) is 4.68. The van der Waals surface area contributed by atoms with Crippen molar-refractivity contribution in [1.82, 2.24) is 0 Å². The van der Waals surface area contributed by atoms with Gasteiger partial charge < -0.3 is 5.11 Å². The van der Waals surface area contributed by atoms with Crippen LogP contribution in [0.5, 0.6) is 0 Å². The van der Waals surface area contributed by atoms with Gasteiger partial charge in [0, 0.05) is 8.80 Å². The van der Waals surface area contributed by atoms with E-state index in [0.717, 1.165) is 0 Å². The summed E-state index contributed by atoms with van der Waals surface area (Å²) in [6, 6.07) is 0. The first-order valence-corrected chi connectivity index (χ1v) is 6.44. The Morgan fingerprint density at radius 2 is 1.36 bits per heavy atom. The number of carboxylic acid groups (broad SMARTS) is 1. The zero-order chi connectivity index (χ0) is 9.65. The second kappa shape index (κ2) is 5.17.